The first-order valence-electron chi connectivity index (χ1n) is 5.93. The summed E-state index contributed by atoms with van der Waals surface area (Å²) in [5.74, 6) is 0.776. The van der Waals surface area contributed by atoms with Gasteiger partial charge in [-0.1, -0.05) is 20.8 Å². The van der Waals surface area contributed by atoms with Gasteiger partial charge in [-0.05, 0) is 25.3 Å². The molecule has 0 aliphatic carbocycles. The van der Waals surface area contributed by atoms with Crippen LogP contribution < -0.4 is 5.32 Å². The quantitative estimate of drug-likeness (QED) is 0.699. The SMILES string of the molecule is CCCn1cncc1CNCCC(C)C. The number of rotatable bonds is 7. The van der Waals surface area contributed by atoms with Gasteiger partial charge in [0, 0.05) is 19.3 Å². The predicted molar refractivity (Wildman–Crippen MR) is 63.7 cm³/mol. The zero-order chi connectivity index (χ0) is 11.1. The number of hydrogen-bond acceptors (Lipinski definition) is 2. The Morgan fingerprint density at radius 3 is 2.93 bits per heavy atom. The number of nitrogens with one attached hydrogen (secondary N) is 1. The van der Waals surface area contributed by atoms with Gasteiger partial charge in [-0.3, -0.25) is 0 Å². The molecule has 0 atom stereocenters. The van der Waals surface area contributed by atoms with Crippen molar-refractivity contribution >= 4 is 0 Å². The number of aromatic nitrogens is 2. The van der Waals surface area contributed by atoms with Gasteiger partial charge in [0.1, 0.15) is 0 Å². The third-order valence-electron chi connectivity index (χ3n) is 2.47. The minimum absolute atomic E-state index is 0.776. The van der Waals surface area contributed by atoms with E-state index in [9.17, 15) is 0 Å². The Labute approximate surface area is 92.9 Å². The van der Waals surface area contributed by atoms with Crippen LogP contribution in [0, 0.1) is 5.92 Å². The fraction of sp³-hybridized carbons (Fsp3) is 0.750. The molecule has 0 radical (unpaired) electrons. The summed E-state index contributed by atoms with van der Waals surface area (Å²) in [6.45, 7) is 9.80. The third kappa shape index (κ3) is 4.47. The summed E-state index contributed by atoms with van der Waals surface area (Å²) >= 11 is 0. The molecule has 15 heavy (non-hydrogen) atoms. The molecule has 0 aromatic carbocycles. The van der Waals surface area contributed by atoms with Gasteiger partial charge in [-0.25, -0.2) is 4.98 Å². The highest BCUT2D eigenvalue weighted by molar-refractivity contribution is 4.97. The molecular formula is C12H23N3. The zero-order valence-electron chi connectivity index (χ0n) is 10.2. The lowest BCUT2D eigenvalue weighted by Gasteiger charge is -2.09. The summed E-state index contributed by atoms with van der Waals surface area (Å²) in [6.07, 6.45) is 6.28. The molecule has 0 unspecified atom stereocenters. The van der Waals surface area contributed by atoms with Crippen LogP contribution in [0.4, 0.5) is 0 Å². The van der Waals surface area contributed by atoms with Crippen molar-refractivity contribution in [2.24, 2.45) is 5.92 Å². The summed E-state index contributed by atoms with van der Waals surface area (Å²) in [5.41, 5.74) is 1.29. The second kappa shape index (κ2) is 6.62. The topological polar surface area (TPSA) is 29.9 Å². The zero-order valence-corrected chi connectivity index (χ0v) is 10.2. The van der Waals surface area contributed by atoms with Crippen molar-refractivity contribution < 1.29 is 0 Å². The van der Waals surface area contributed by atoms with E-state index in [2.05, 4.69) is 35.6 Å². The van der Waals surface area contributed by atoms with E-state index < -0.39 is 0 Å². The number of aryl methyl sites for hydroxylation is 1. The van der Waals surface area contributed by atoms with Gasteiger partial charge in [-0.2, -0.15) is 0 Å². The molecule has 3 heteroatoms. The van der Waals surface area contributed by atoms with Crippen LogP contribution >= 0.6 is 0 Å². The molecule has 1 aromatic heterocycles. The summed E-state index contributed by atoms with van der Waals surface area (Å²) in [6, 6.07) is 0. The van der Waals surface area contributed by atoms with Crippen LogP contribution in [0.2, 0.25) is 0 Å². The van der Waals surface area contributed by atoms with Crippen LogP contribution in [-0.4, -0.2) is 16.1 Å². The molecule has 0 fully saturated rings. The van der Waals surface area contributed by atoms with E-state index in [1.165, 1.54) is 12.1 Å². The highest BCUT2D eigenvalue weighted by Gasteiger charge is 2.00. The molecule has 0 aliphatic rings. The summed E-state index contributed by atoms with van der Waals surface area (Å²) in [7, 11) is 0. The monoisotopic (exact) mass is 209 g/mol. The molecule has 0 aliphatic heterocycles. The molecule has 1 rings (SSSR count). The van der Waals surface area contributed by atoms with Gasteiger partial charge in [0.2, 0.25) is 0 Å². The first kappa shape index (κ1) is 12.2. The highest BCUT2D eigenvalue weighted by Crippen LogP contribution is 2.01. The summed E-state index contributed by atoms with van der Waals surface area (Å²) < 4.78 is 2.22. The molecule has 0 saturated heterocycles. The average Bonchev–Trinajstić information content (AvgIpc) is 2.61. The first-order valence-corrected chi connectivity index (χ1v) is 5.93. The molecule has 1 N–H and O–H groups in total. The van der Waals surface area contributed by atoms with Crippen LogP contribution in [-0.2, 0) is 13.1 Å². The third-order valence-corrected chi connectivity index (χ3v) is 2.47. The number of hydrogen-bond donors (Lipinski definition) is 1. The van der Waals surface area contributed by atoms with E-state index in [1.807, 2.05) is 12.5 Å². The minimum atomic E-state index is 0.776. The Bertz CT molecular complexity index is 266. The Hall–Kier alpha value is -0.830. The van der Waals surface area contributed by atoms with Crippen molar-refractivity contribution in [1.82, 2.24) is 14.9 Å². The van der Waals surface area contributed by atoms with E-state index in [0.717, 1.165) is 32.0 Å². The van der Waals surface area contributed by atoms with Gasteiger partial charge in [-0.15, -0.1) is 0 Å². The second-order valence-corrected chi connectivity index (χ2v) is 4.44. The fourth-order valence-electron chi connectivity index (χ4n) is 1.54. The van der Waals surface area contributed by atoms with Crippen molar-refractivity contribution in [2.45, 2.75) is 46.7 Å². The minimum Gasteiger partial charge on any atom is -0.333 e. The smallest absolute Gasteiger partial charge is 0.0948 e. The predicted octanol–water partition coefficient (Wildman–Crippen LogP) is 2.43. The molecular weight excluding hydrogens is 186 g/mol. The normalized spacial score (nSPS) is 11.2. The average molecular weight is 209 g/mol. The molecule has 1 heterocycles. The lowest BCUT2D eigenvalue weighted by molar-refractivity contribution is 0.525. The van der Waals surface area contributed by atoms with Crippen LogP contribution in [0.5, 0.6) is 0 Å². The lowest BCUT2D eigenvalue weighted by atomic mass is 10.1. The number of nitrogens with zero attached hydrogens (tertiary/aromatic N) is 2. The van der Waals surface area contributed by atoms with Gasteiger partial charge < -0.3 is 9.88 Å². The van der Waals surface area contributed by atoms with Crippen LogP contribution in [0.15, 0.2) is 12.5 Å². The Balaban J connectivity index is 2.27. The van der Waals surface area contributed by atoms with Gasteiger partial charge in [0.05, 0.1) is 12.0 Å². The van der Waals surface area contributed by atoms with E-state index in [1.54, 1.807) is 0 Å². The Kier molecular flexibility index (Phi) is 5.40. The molecule has 1 aromatic rings. The van der Waals surface area contributed by atoms with Gasteiger partial charge in [0.15, 0.2) is 0 Å². The maximum Gasteiger partial charge on any atom is 0.0948 e. The summed E-state index contributed by atoms with van der Waals surface area (Å²) in [5, 5.41) is 3.46. The van der Waals surface area contributed by atoms with Crippen LogP contribution in [0.3, 0.4) is 0 Å². The van der Waals surface area contributed by atoms with E-state index >= 15 is 0 Å². The standard InChI is InChI=1S/C12H23N3/c1-4-7-15-10-14-9-12(15)8-13-6-5-11(2)3/h9-11,13H,4-8H2,1-3H3. The van der Waals surface area contributed by atoms with Crippen molar-refractivity contribution in [3.63, 3.8) is 0 Å². The van der Waals surface area contributed by atoms with Crippen molar-refractivity contribution in [1.29, 1.82) is 0 Å². The molecule has 0 amide bonds. The maximum absolute atomic E-state index is 4.18. The summed E-state index contributed by atoms with van der Waals surface area (Å²) in [4.78, 5) is 4.18. The molecule has 3 nitrogen and oxygen atoms in total. The van der Waals surface area contributed by atoms with E-state index in [0.29, 0.717) is 0 Å². The Morgan fingerprint density at radius 2 is 2.27 bits per heavy atom. The van der Waals surface area contributed by atoms with Gasteiger partial charge in [0.25, 0.3) is 0 Å². The van der Waals surface area contributed by atoms with Gasteiger partial charge >= 0.3 is 0 Å². The molecule has 0 bridgehead atoms. The van der Waals surface area contributed by atoms with Crippen molar-refractivity contribution in [3.8, 4) is 0 Å². The molecule has 86 valence electrons. The van der Waals surface area contributed by atoms with Crippen LogP contribution in [0.1, 0.15) is 39.3 Å². The number of imidazole rings is 1. The molecule has 0 spiro atoms. The lowest BCUT2D eigenvalue weighted by Crippen LogP contribution is -2.18. The second-order valence-electron chi connectivity index (χ2n) is 4.44. The fourth-order valence-corrected chi connectivity index (χ4v) is 1.54. The highest BCUT2D eigenvalue weighted by atomic mass is 15.1. The van der Waals surface area contributed by atoms with Crippen molar-refractivity contribution in [3.05, 3.63) is 18.2 Å². The Morgan fingerprint density at radius 1 is 1.47 bits per heavy atom. The maximum atomic E-state index is 4.18. The van der Waals surface area contributed by atoms with Crippen molar-refractivity contribution in [2.75, 3.05) is 6.54 Å². The van der Waals surface area contributed by atoms with E-state index in [-0.39, 0.29) is 0 Å². The molecule has 0 saturated carbocycles. The van der Waals surface area contributed by atoms with E-state index in [4.69, 9.17) is 0 Å². The largest absolute Gasteiger partial charge is 0.333 e. The van der Waals surface area contributed by atoms with Crippen LogP contribution in [0.25, 0.3) is 0 Å². The first-order chi connectivity index (χ1) is 7.24.